The molecule has 0 spiro atoms. The lowest BCUT2D eigenvalue weighted by Gasteiger charge is -2.49. The normalized spacial score (nSPS) is 19.9. The van der Waals surface area contributed by atoms with Crippen molar-refractivity contribution in [3.8, 4) is 5.75 Å². The summed E-state index contributed by atoms with van der Waals surface area (Å²) in [4.78, 5) is 25.9. The quantitative estimate of drug-likeness (QED) is 0.194. The molecule has 0 saturated heterocycles. The number of carbonyl (C=O) groups excluding carboxylic acids is 2. The average Bonchev–Trinajstić information content (AvgIpc) is 2.92. The van der Waals surface area contributed by atoms with Crippen molar-refractivity contribution in [2.75, 3.05) is 0 Å². The van der Waals surface area contributed by atoms with Crippen molar-refractivity contribution in [2.45, 2.75) is 132 Å². The average molecular weight is 625 g/mol. The van der Waals surface area contributed by atoms with E-state index in [1.54, 1.807) is 24.3 Å². The lowest BCUT2D eigenvalue weighted by molar-refractivity contribution is -0.00246. The summed E-state index contributed by atoms with van der Waals surface area (Å²) in [5.41, 5.74) is 9.06. The zero-order chi connectivity index (χ0) is 34.4. The van der Waals surface area contributed by atoms with Crippen molar-refractivity contribution in [2.24, 2.45) is 11.3 Å². The van der Waals surface area contributed by atoms with Gasteiger partial charge in [-0.25, -0.2) is 9.59 Å². The molecule has 3 aromatic rings. The van der Waals surface area contributed by atoms with Gasteiger partial charge in [-0.3, -0.25) is 0 Å². The van der Waals surface area contributed by atoms with Gasteiger partial charge in [-0.2, -0.15) is 0 Å². The van der Waals surface area contributed by atoms with Crippen LogP contribution in [0.5, 0.6) is 5.75 Å². The molecule has 3 aromatic carbocycles. The lowest BCUT2D eigenvalue weighted by Crippen LogP contribution is -2.41. The number of aryl methyl sites for hydroxylation is 4. The first-order chi connectivity index (χ1) is 21.2. The fraction of sp³-hybridized carbons (Fsp3) is 0.524. The van der Waals surface area contributed by atoms with Crippen molar-refractivity contribution in [3.63, 3.8) is 0 Å². The Bertz CT molecular complexity index is 1570. The van der Waals surface area contributed by atoms with E-state index in [0.717, 1.165) is 24.0 Å². The Morgan fingerprint density at radius 1 is 0.761 bits per heavy atom. The Kier molecular flexibility index (Phi) is 9.76. The smallest absolute Gasteiger partial charge is 0.343 e. The van der Waals surface area contributed by atoms with Gasteiger partial charge in [0, 0.05) is 5.41 Å². The molecule has 0 radical (unpaired) electrons. The SMILES string of the molecule is CCC(C)(C)OC(=O)c1ccc(C(=O)Oc2c(C)cc(C3(c4cc(C)c(C(C)(C)C)c(C)c4)CC(C)CC(C)(C)C3)cc2C)cc1. The predicted octanol–water partition coefficient (Wildman–Crippen LogP) is 10.9. The van der Waals surface area contributed by atoms with Crippen molar-refractivity contribution in [3.05, 3.63) is 98.6 Å². The van der Waals surface area contributed by atoms with Crippen LogP contribution < -0.4 is 4.74 Å². The number of hydrogen-bond acceptors (Lipinski definition) is 4. The second-order valence-corrected chi connectivity index (χ2v) is 16.6. The number of rotatable bonds is 7. The van der Waals surface area contributed by atoms with Crippen LogP contribution in [0.1, 0.15) is 148 Å². The van der Waals surface area contributed by atoms with Crippen LogP contribution >= 0.6 is 0 Å². The van der Waals surface area contributed by atoms with Gasteiger partial charge in [0.25, 0.3) is 0 Å². The van der Waals surface area contributed by atoms with E-state index in [1.165, 1.54) is 34.2 Å². The Morgan fingerprint density at radius 3 is 1.65 bits per heavy atom. The van der Waals surface area contributed by atoms with E-state index in [9.17, 15) is 9.59 Å². The van der Waals surface area contributed by atoms with E-state index < -0.39 is 17.5 Å². The molecule has 248 valence electrons. The van der Waals surface area contributed by atoms with Gasteiger partial charge in [-0.1, -0.05) is 72.7 Å². The van der Waals surface area contributed by atoms with E-state index in [0.29, 0.717) is 29.2 Å². The number of benzene rings is 3. The molecule has 0 heterocycles. The first-order valence-electron chi connectivity index (χ1n) is 17.0. The zero-order valence-corrected chi connectivity index (χ0v) is 30.7. The third-order valence-electron chi connectivity index (χ3n) is 10.00. The molecule has 0 aliphatic heterocycles. The first kappa shape index (κ1) is 35.5. The maximum absolute atomic E-state index is 13.3. The maximum Gasteiger partial charge on any atom is 0.343 e. The van der Waals surface area contributed by atoms with Crippen LogP contribution in [-0.4, -0.2) is 17.5 Å². The Morgan fingerprint density at radius 2 is 1.22 bits per heavy atom. The van der Waals surface area contributed by atoms with Crippen molar-refractivity contribution in [1.82, 2.24) is 0 Å². The number of esters is 2. The molecular formula is C42H56O4. The van der Waals surface area contributed by atoms with Crippen LogP contribution in [-0.2, 0) is 15.6 Å². The molecule has 1 saturated carbocycles. The van der Waals surface area contributed by atoms with Crippen molar-refractivity contribution in [1.29, 1.82) is 0 Å². The zero-order valence-electron chi connectivity index (χ0n) is 30.7. The minimum atomic E-state index is -0.548. The number of ether oxygens (including phenoxy) is 2. The Labute approximate surface area is 278 Å². The molecule has 4 nitrogen and oxygen atoms in total. The van der Waals surface area contributed by atoms with Crippen LogP contribution in [0.3, 0.4) is 0 Å². The number of hydrogen-bond donors (Lipinski definition) is 0. The van der Waals surface area contributed by atoms with Crippen molar-refractivity contribution < 1.29 is 19.1 Å². The lowest BCUT2D eigenvalue weighted by atomic mass is 9.55. The van der Waals surface area contributed by atoms with Gasteiger partial charge in [0.05, 0.1) is 11.1 Å². The molecule has 0 N–H and O–H groups in total. The van der Waals surface area contributed by atoms with E-state index in [2.05, 4.69) is 79.7 Å². The fourth-order valence-corrected chi connectivity index (χ4v) is 8.26. The van der Waals surface area contributed by atoms with Crippen LogP contribution in [0.25, 0.3) is 0 Å². The summed E-state index contributed by atoms with van der Waals surface area (Å²) >= 11 is 0. The summed E-state index contributed by atoms with van der Waals surface area (Å²) in [5.74, 6) is 0.314. The topological polar surface area (TPSA) is 52.6 Å². The molecule has 1 aliphatic rings. The monoisotopic (exact) mass is 624 g/mol. The van der Waals surface area contributed by atoms with Gasteiger partial charge in [0.1, 0.15) is 11.4 Å². The summed E-state index contributed by atoms with van der Waals surface area (Å²) in [7, 11) is 0. The standard InChI is InChI=1S/C42H56O4/c1-14-41(12,13)46-38(44)32-17-15-31(16-18-32)37(43)45-36-29(5)21-34(22-30(36)6)42(24-26(2)23-40(10,11)25-42)33-19-27(3)35(28(4)20-33)39(7,8)9/h15-22,26H,14,23-25H2,1-13H3. The summed E-state index contributed by atoms with van der Waals surface area (Å²) in [6.45, 7) is 28.5. The van der Waals surface area contributed by atoms with Gasteiger partial charge in [-0.15, -0.1) is 0 Å². The van der Waals surface area contributed by atoms with E-state index >= 15 is 0 Å². The third-order valence-corrected chi connectivity index (χ3v) is 10.00. The molecule has 4 rings (SSSR count). The second-order valence-electron chi connectivity index (χ2n) is 16.6. The molecule has 2 unspecified atom stereocenters. The molecule has 0 amide bonds. The summed E-state index contributed by atoms with van der Waals surface area (Å²) in [5, 5.41) is 0. The highest BCUT2D eigenvalue weighted by atomic mass is 16.6. The van der Waals surface area contributed by atoms with Gasteiger partial charge in [-0.05, 0) is 147 Å². The van der Waals surface area contributed by atoms with Crippen LogP contribution in [0.15, 0.2) is 48.5 Å². The maximum atomic E-state index is 13.3. The predicted molar refractivity (Wildman–Crippen MR) is 189 cm³/mol. The first-order valence-corrected chi connectivity index (χ1v) is 17.0. The van der Waals surface area contributed by atoms with Crippen molar-refractivity contribution >= 4 is 11.9 Å². The van der Waals surface area contributed by atoms with Gasteiger partial charge < -0.3 is 9.47 Å². The molecule has 46 heavy (non-hydrogen) atoms. The molecule has 0 aromatic heterocycles. The molecule has 0 bridgehead atoms. The highest BCUT2D eigenvalue weighted by molar-refractivity contribution is 5.94. The molecule has 1 fully saturated rings. The van der Waals surface area contributed by atoms with Crippen LogP contribution in [0, 0.1) is 39.0 Å². The minimum absolute atomic E-state index is 0.0767. The summed E-state index contributed by atoms with van der Waals surface area (Å²) in [6.07, 6.45) is 4.04. The molecule has 4 heteroatoms. The Hall–Kier alpha value is -3.40. The van der Waals surface area contributed by atoms with E-state index in [4.69, 9.17) is 9.47 Å². The highest BCUT2D eigenvalue weighted by Gasteiger charge is 2.46. The largest absolute Gasteiger partial charge is 0.456 e. The highest BCUT2D eigenvalue weighted by Crippen LogP contribution is 2.55. The third kappa shape index (κ3) is 7.42. The molecule has 2 atom stereocenters. The van der Waals surface area contributed by atoms with E-state index in [1.807, 2.05) is 34.6 Å². The van der Waals surface area contributed by atoms with Gasteiger partial charge in [0.2, 0.25) is 0 Å². The van der Waals surface area contributed by atoms with Gasteiger partial charge in [0.15, 0.2) is 0 Å². The summed E-state index contributed by atoms with van der Waals surface area (Å²) < 4.78 is 11.6. The number of carbonyl (C=O) groups is 2. The van der Waals surface area contributed by atoms with Crippen LogP contribution in [0.4, 0.5) is 0 Å². The van der Waals surface area contributed by atoms with Gasteiger partial charge >= 0.3 is 11.9 Å². The second kappa shape index (κ2) is 12.7. The van der Waals surface area contributed by atoms with E-state index in [-0.39, 0.29) is 16.2 Å². The molecular weight excluding hydrogens is 568 g/mol. The van der Waals surface area contributed by atoms with Crippen LogP contribution in [0.2, 0.25) is 0 Å². The fourth-order valence-electron chi connectivity index (χ4n) is 8.26. The summed E-state index contributed by atoms with van der Waals surface area (Å²) in [6, 6.07) is 15.9. The minimum Gasteiger partial charge on any atom is -0.456 e. The molecule has 1 aliphatic carbocycles. The Balaban J connectivity index is 1.71.